The Morgan fingerprint density at radius 1 is 0.920 bits per heavy atom. The molecule has 1 aliphatic heterocycles. The molecule has 0 spiro atoms. The highest BCUT2D eigenvalue weighted by atomic mass is 16.6. The molecule has 0 atom stereocenters. The van der Waals surface area contributed by atoms with Crippen LogP contribution in [0.15, 0.2) is 42.6 Å². The molecule has 1 aliphatic rings. The first-order valence-corrected chi connectivity index (χ1v) is 10.2. The van der Waals surface area contributed by atoms with Crippen LogP contribution in [-0.2, 0) is 0 Å². The van der Waals surface area contributed by atoms with Gasteiger partial charge in [-0.25, -0.2) is 5.48 Å². The Morgan fingerprint density at radius 2 is 1.56 bits per heavy atom. The molecule has 0 bridgehead atoms. The molecular weight excluding hydrogens is 306 g/mol. The first kappa shape index (κ1) is 19.6. The predicted octanol–water partition coefficient (Wildman–Crippen LogP) is 7.18. The number of fused-ring (bicyclic) bond motifs is 1. The molecule has 1 N–H and O–H groups in total. The summed E-state index contributed by atoms with van der Waals surface area (Å²) in [7, 11) is 0. The lowest BCUT2D eigenvalue weighted by molar-refractivity contribution is 0.221. The van der Waals surface area contributed by atoms with Gasteiger partial charge >= 0.3 is 0 Å². The summed E-state index contributed by atoms with van der Waals surface area (Å²) in [5.41, 5.74) is 6.94. The van der Waals surface area contributed by atoms with Crippen LogP contribution < -0.4 is 10.3 Å². The number of hydrogen-bond donors (Lipinski definition) is 1. The molecule has 1 aromatic rings. The van der Waals surface area contributed by atoms with Crippen molar-refractivity contribution in [3.05, 3.63) is 48.2 Å². The molecule has 2 rings (SSSR count). The van der Waals surface area contributed by atoms with Gasteiger partial charge in [0.1, 0.15) is 0 Å². The van der Waals surface area contributed by atoms with Crippen molar-refractivity contribution in [1.29, 1.82) is 0 Å². The first-order chi connectivity index (χ1) is 12.4. The predicted molar refractivity (Wildman–Crippen MR) is 108 cm³/mol. The molecule has 0 radical (unpaired) electrons. The Hall–Kier alpha value is -1.70. The smallest absolute Gasteiger partial charge is 0.162 e. The number of hydroxylamine groups is 1. The van der Waals surface area contributed by atoms with Crippen molar-refractivity contribution in [1.82, 2.24) is 5.48 Å². The van der Waals surface area contributed by atoms with Gasteiger partial charge in [-0.05, 0) is 24.5 Å². The molecule has 2 nitrogen and oxygen atoms in total. The summed E-state index contributed by atoms with van der Waals surface area (Å²) >= 11 is 0. The van der Waals surface area contributed by atoms with Crippen molar-refractivity contribution < 1.29 is 4.84 Å². The Kier molecular flexibility index (Phi) is 9.25. The van der Waals surface area contributed by atoms with E-state index in [1.165, 1.54) is 81.0 Å². The van der Waals surface area contributed by atoms with Gasteiger partial charge in [-0.3, -0.25) is 0 Å². The number of unbranched alkanes of at least 4 members (excludes halogenated alkanes) is 9. The van der Waals surface area contributed by atoms with Gasteiger partial charge in [-0.15, -0.1) is 6.58 Å². The van der Waals surface area contributed by atoms with Gasteiger partial charge in [0.15, 0.2) is 5.75 Å². The van der Waals surface area contributed by atoms with E-state index in [0.29, 0.717) is 0 Å². The summed E-state index contributed by atoms with van der Waals surface area (Å²) in [6, 6.07) is 8.32. The van der Waals surface area contributed by atoms with Crippen molar-refractivity contribution >= 4 is 5.57 Å². The molecule has 0 unspecified atom stereocenters. The van der Waals surface area contributed by atoms with Gasteiger partial charge < -0.3 is 4.84 Å². The highest BCUT2D eigenvalue weighted by Gasteiger charge is 2.18. The van der Waals surface area contributed by atoms with Crippen LogP contribution in [-0.4, -0.2) is 0 Å². The van der Waals surface area contributed by atoms with Gasteiger partial charge in [0.25, 0.3) is 0 Å². The fraction of sp³-hybridized carbons (Fsp3) is 0.565. The molecule has 0 amide bonds. The van der Waals surface area contributed by atoms with Gasteiger partial charge in [0.05, 0.1) is 5.70 Å². The average molecular weight is 342 g/mol. The van der Waals surface area contributed by atoms with Crippen molar-refractivity contribution in [2.45, 2.75) is 84.0 Å². The lowest BCUT2D eigenvalue weighted by Gasteiger charge is -2.24. The Balaban J connectivity index is 1.72. The summed E-state index contributed by atoms with van der Waals surface area (Å²) < 4.78 is 0. The molecule has 1 heterocycles. The number of benzene rings is 1. The standard InChI is InChI=1S/C23H35NO/c1-3-5-6-7-8-9-10-11-12-13-17-20-21-18-14-15-19-23(21)25-24-22(20)16-4-2/h4,14-15,18-19,24H,2-3,5-13,16-17H2,1H3. The highest BCUT2D eigenvalue weighted by molar-refractivity contribution is 5.74. The van der Waals surface area contributed by atoms with Crippen LogP contribution in [0.1, 0.15) is 89.5 Å². The second-order valence-electron chi connectivity index (χ2n) is 7.08. The third kappa shape index (κ3) is 6.61. The van der Waals surface area contributed by atoms with Crippen LogP contribution in [0.4, 0.5) is 0 Å². The minimum atomic E-state index is 0.835. The van der Waals surface area contributed by atoms with Gasteiger partial charge in [0, 0.05) is 12.0 Å². The van der Waals surface area contributed by atoms with E-state index in [9.17, 15) is 0 Å². The average Bonchev–Trinajstić information content (AvgIpc) is 2.64. The molecule has 0 saturated heterocycles. The molecule has 0 aromatic heterocycles. The first-order valence-electron chi connectivity index (χ1n) is 10.2. The zero-order chi connectivity index (χ0) is 17.7. The van der Waals surface area contributed by atoms with Crippen molar-refractivity contribution in [2.24, 2.45) is 0 Å². The zero-order valence-corrected chi connectivity index (χ0v) is 16.0. The SMILES string of the molecule is C=CCC1=C(CCCCCCCCCCCC)c2ccccc2ON1. The molecule has 2 heteroatoms. The Morgan fingerprint density at radius 3 is 2.24 bits per heavy atom. The number of para-hydroxylation sites is 1. The van der Waals surface area contributed by atoms with E-state index in [-0.39, 0.29) is 0 Å². The summed E-state index contributed by atoms with van der Waals surface area (Å²) in [4.78, 5) is 5.66. The van der Waals surface area contributed by atoms with Gasteiger partial charge in [0.2, 0.25) is 0 Å². The van der Waals surface area contributed by atoms with Crippen LogP contribution in [0.25, 0.3) is 5.57 Å². The topological polar surface area (TPSA) is 21.3 Å². The molecule has 25 heavy (non-hydrogen) atoms. The van der Waals surface area contributed by atoms with E-state index in [2.05, 4.69) is 31.1 Å². The van der Waals surface area contributed by atoms with Gasteiger partial charge in [-0.2, -0.15) is 0 Å². The molecule has 0 fully saturated rings. The normalized spacial score (nSPS) is 13.2. The maximum absolute atomic E-state index is 5.66. The van der Waals surface area contributed by atoms with Crippen LogP contribution in [0.2, 0.25) is 0 Å². The van der Waals surface area contributed by atoms with E-state index < -0.39 is 0 Å². The second-order valence-corrected chi connectivity index (χ2v) is 7.08. The molecule has 138 valence electrons. The largest absolute Gasteiger partial charge is 0.382 e. The number of rotatable bonds is 13. The van der Waals surface area contributed by atoms with Gasteiger partial charge in [-0.1, -0.05) is 89.0 Å². The number of allylic oxidation sites excluding steroid dienone is 2. The fourth-order valence-corrected chi connectivity index (χ4v) is 3.53. The van der Waals surface area contributed by atoms with E-state index in [1.807, 2.05) is 18.2 Å². The Labute approximate surface area is 154 Å². The van der Waals surface area contributed by atoms with E-state index >= 15 is 0 Å². The maximum Gasteiger partial charge on any atom is 0.162 e. The van der Waals surface area contributed by atoms with E-state index in [0.717, 1.165) is 18.6 Å². The number of hydrogen-bond acceptors (Lipinski definition) is 2. The minimum absolute atomic E-state index is 0.835. The zero-order valence-electron chi connectivity index (χ0n) is 16.0. The summed E-state index contributed by atoms with van der Waals surface area (Å²) in [5.74, 6) is 0.942. The number of nitrogens with one attached hydrogen (secondary N) is 1. The highest BCUT2D eigenvalue weighted by Crippen LogP contribution is 2.35. The summed E-state index contributed by atoms with van der Waals surface area (Å²) in [5, 5.41) is 0. The minimum Gasteiger partial charge on any atom is -0.382 e. The second kappa shape index (κ2) is 11.8. The monoisotopic (exact) mass is 341 g/mol. The maximum atomic E-state index is 5.66. The van der Waals surface area contributed by atoms with Crippen LogP contribution >= 0.6 is 0 Å². The Bertz CT molecular complexity index is 547. The molecule has 0 saturated carbocycles. The van der Waals surface area contributed by atoms with Crippen molar-refractivity contribution in [2.75, 3.05) is 0 Å². The fourth-order valence-electron chi connectivity index (χ4n) is 3.53. The molecule has 0 aliphatic carbocycles. The van der Waals surface area contributed by atoms with E-state index in [4.69, 9.17) is 4.84 Å². The quantitative estimate of drug-likeness (QED) is 0.303. The third-order valence-corrected chi connectivity index (χ3v) is 4.99. The van der Waals surface area contributed by atoms with E-state index in [1.54, 1.807) is 0 Å². The van der Waals surface area contributed by atoms with Crippen LogP contribution in [0.5, 0.6) is 5.75 Å². The third-order valence-electron chi connectivity index (χ3n) is 4.99. The van der Waals surface area contributed by atoms with Crippen LogP contribution in [0, 0.1) is 0 Å². The van der Waals surface area contributed by atoms with Crippen LogP contribution in [0.3, 0.4) is 0 Å². The molecular formula is C23H35NO. The summed E-state index contributed by atoms with van der Waals surface area (Å²) in [6.07, 6.45) is 17.6. The molecule has 1 aromatic carbocycles. The summed E-state index contributed by atoms with van der Waals surface area (Å²) in [6.45, 7) is 6.15. The van der Waals surface area contributed by atoms with Crippen molar-refractivity contribution in [3.63, 3.8) is 0 Å². The lowest BCUT2D eigenvalue weighted by atomic mass is 9.94. The lowest BCUT2D eigenvalue weighted by Crippen LogP contribution is -2.23. The van der Waals surface area contributed by atoms with Crippen molar-refractivity contribution in [3.8, 4) is 5.75 Å².